The molecule has 4 heterocycles. The fraction of sp³-hybridized carbons (Fsp3) is 0. The predicted octanol–water partition coefficient (Wildman–Crippen LogP) is 13.9. The van der Waals surface area contributed by atoms with Crippen molar-refractivity contribution in [2.24, 2.45) is 0 Å². The molecule has 0 amide bonds. The minimum atomic E-state index is -1.00. The number of aromatic nitrogens is 4. The Bertz CT molecular complexity index is 5070. The summed E-state index contributed by atoms with van der Waals surface area (Å²) in [5, 5.41) is -2.20. The molecule has 0 aliphatic carbocycles. The van der Waals surface area contributed by atoms with Crippen molar-refractivity contribution < 1.29 is 44.2 Å². The molecule has 12 aromatic rings. The van der Waals surface area contributed by atoms with E-state index in [4.69, 9.17) is 33.2 Å². The van der Waals surface area contributed by atoms with E-state index in [1.54, 1.807) is 0 Å². The lowest BCUT2D eigenvalue weighted by Crippen LogP contribution is -2.00. The van der Waals surface area contributed by atoms with Crippen LogP contribution in [0.15, 0.2) is 186 Å². The van der Waals surface area contributed by atoms with Gasteiger partial charge in [-0.1, -0.05) is 145 Å². The Morgan fingerprint density at radius 3 is 1.81 bits per heavy atom. The van der Waals surface area contributed by atoms with E-state index in [1.807, 2.05) is 0 Å². The number of furan rings is 1. The Morgan fingerprint density at radius 1 is 0.439 bits per heavy atom. The third-order valence-electron chi connectivity index (χ3n) is 9.10. The molecule has 0 saturated carbocycles. The summed E-state index contributed by atoms with van der Waals surface area (Å²) in [7, 11) is 0. The van der Waals surface area contributed by atoms with Crippen LogP contribution < -0.4 is 0 Å². The first-order valence-electron chi connectivity index (χ1n) is 31.2. The number of benzene rings is 8. The number of thiophene rings is 1. The molecule has 8 aromatic carbocycles. The van der Waals surface area contributed by atoms with Gasteiger partial charge in [0.25, 0.3) is 0 Å². The first-order valence-corrected chi connectivity index (χ1v) is 17.5. The quantitative estimate of drug-likeness (QED) is 0.175. The standard InChI is InChI=1S/C51H30N4OS/c1-4-15-31(16-5-1)34-27-28-39(51-53-49(32-17-6-2-7-18-32)52-50(54-51)33-19-8-3-9-20-33)44-38-23-14-25-42(47(38)57-48(34)44)55-40-24-12-10-22-37(40)45-41(55)30-29-36-35-21-11-13-26-43(35)56-46(36)45/h1-30H/i1D,2D,3D,4D,5D,6D,7D,8D,9D,10D,11D,12D,13D,14D,15D,16D,17D,18D,19D,20D,21D,22D,23D,25D,26D,27D,28D,29D,30D. The summed E-state index contributed by atoms with van der Waals surface area (Å²) in [6.07, 6.45) is 0. The molecule has 6 heteroatoms. The van der Waals surface area contributed by atoms with Gasteiger partial charge < -0.3 is 8.98 Å². The first-order chi connectivity index (χ1) is 40.3. The fourth-order valence-electron chi connectivity index (χ4n) is 6.76. The maximum atomic E-state index is 9.92. The Morgan fingerprint density at radius 2 is 1.05 bits per heavy atom. The van der Waals surface area contributed by atoms with E-state index in [0.717, 1.165) is 10.6 Å². The van der Waals surface area contributed by atoms with Gasteiger partial charge in [0, 0.05) is 48.3 Å². The molecule has 0 spiro atoms. The van der Waals surface area contributed by atoms with Gasteiger partial charge in [0.05, 0.1) is 66.6 Å². The smallest absolute Gasteiger partial charge is 0.164 e. The SMILES string of the molecule is [2H]c1cc2c(c([2H])c1[2H])c1c3oc4c([2H])c([2H])c([2H])c([2H])c4c3c([2H])c([2H])c1n2-c1c([2H])c([2H])c([2H])c2c1sc1c(-c3c([2H])c([2H])c([2H])c([2H])c3[2H])c([2H])c([2H])c(-c3nc(-c4c([2H])c([2H])c([2H])c([2H])c4[2H])nc(-c4c([2H])c([2H])c([2H])c([2H])c4[2H])n3)c12. The zero-order chi connectivity index (χ0) is 62.7. The van der Waals surface area contributed by atoms with Crippen LogP contribution in [0.1, 0.15) is 39.8 Å². The van der Waals surface area contributed by atoms with E-state index < -0.39 is 254 Å². The fourth-order valence-corrected chi connectivity index (χ4v) is 8.02. The van der Waals surface area contributed by atoms with E-state index >= 15 is 0 Å². The van der Waals surface area contributed by atoms with Crippen LogP contribution in [0.3, 0.4) is 0 Å². The number of hydrogen-bond acceptors (Lipinski definition) is 5. The van der Waals surface area contributed by atoms with Crippen LogP contribution in [0.25, 0.3) is 115 Å². The highest BCUT2D eigenvalue weighted by atomic mass is 32.1. The molecule has 0 fully saturated rings. The Labute approximate surface area is 371 Å². The molecule has 0 N–H and O–H groups in total. The molecule has 12 rings (SSSR count). The normalized spacial score (nSPS) is 19.0. The third-order valence-corrected chi connectivity index (χ3v) is 10.3. The zero-order valence-corrected chi connectivity index (χ0v) is 29.0. The van der Waals surface area contributed by atoms with Gasteiger partial charge in [-0.25, -0.2) is 15.0 Å². The number of fused-ring (bicyclic) bond motifs is 10. The number of hydrogen-bond donors (Lipinski definition) is 0. The molecule has 0 bridgehead atoms. The number of para-hydroxylation sites is 2. The summed E-state index contributed by atoms with van der Waals surface area (Å²) in [6, 6.07) is -23.4. The highest BCUT2D eigenvalue weighted by molar-refractivity contribution is 7.27. The lowest BCUT2D eigenvalue weighted by molar-refractivity contribution is 0.673. The predicted molar refractivity (Wildman–Crippen MR) is 236 cm³/mol. The molecule has 4 aromatic heterocycles. The van der Waals surface area contributed by atoms with E-state index in [1.165, 1.54) is 0 Å². The molecular formula is C51H30N4OS. The van der Waals surface area contributed by atoms with Crippen molar-refractivity contribution in [3.63, 3.8) is 0 Å². The van der Waals surface area contributed by atoms with Crippen molar-refractivity contribution in [3.8, 4) is 51.0 Å². The lowest BCUT2D eigenvalue weighted by Gasteiger charge is -2.12. The third kappa shape index (κ3) is 4.91. The van der Waals surface area contributed by atoms with Gasteiger partial charge in [0.15, 0.2) is 17.5 Å². The first kappa shape index (κ1) is 14.6. The van der Waals surface area contributed by atoms with Gasteiger partial charge in [-0.15, -0.1) is 11.3 Å². The summed E-state index contributed by atoms with van der Waals surface area (Å²) < 4.78 is 266. The van der Waals surface area contributed by atoms with Crippen molar-refractivity contribution in [2.45, 2.75) is 0 Å². The Hall–Kier alpha value is -7.41. The van der Waals surface area contributed by atoms with Gasteiger partial charge in [-0.05, 0) is 47.4 Å². The molecule has 0 saturated heterocycles. The molecule has 266 valence electrons. The second-order valence-corrected chi connectivity index (χ2v) is 13.2. The molecular weight excluding hydrogens is 717 g/mol. The van der Waals surface area contributed by atoms with Gasteiger partial charge in [-0.3, -0.25) is 0 Å². The summed E-state index contributed by atoms with van der Waals surface area (Å²) >= 11 is 0.516. The maximum Gasteiger partial charge on any atom is 0.164 e. The average molecular weight is 776 g/mol. The number of nitrogens with zero attached hydrogens (tertiary/aromatic N) is 4. The minimum absolute atomic E-state index is 0.284. The van der Waals surface area contributed by atoms with Crippen molar-refractivity contribution in [2.75, 3.05) is 0 Å². The largest absolute Gasteiger partial charge is 0.455 e. The highest BCUT2D eigenvalue weighted by Gasteiger charge is 2.24. The zero-order valence-electron chi connectivity index (χ0n) is 57.2. The van der Waals surface area contributed by atoms with Crippen LogP contribution >= 0.6 is 11.3 Å². The average Bonchev–Trinajstić information content (AvgIpc) is 1.51. The molecule has 0 unspecified atom stereocenters. The van der Waals surface area contributed by atoms with E-state index in [9.17, 15) is 11.0 Å². The van der Waals surface area contributed by atoms with Crippen molar-refractivity contribution in [1.29, 1.82) is 0 Å². The van der Waals surface area contributed by atoms with Crippen molar-refractivity contribution in [3.05, 3.63) is 181 Å². The van der Waals surface area contributed by atoms with E-state index in [0.29, 0.717) is 11.3 Å². The van der Waals surface area contributed by atoms with Crippen LogP contribution in [0, 0.1) is 0 Å². The molecule has 57 heavy (non-hydrogen) atoms. The van der Waals surface area contributed by atoms with Gasteiger partial charge in [0.1, 0.15) is 11.2 Å². The second-order valence-electron chi connectivity index (χ2n) is 12.2. The maximum absolute atomic E-state index is 9.92. The molecule has 0 atom stereocenters. The van der Waals surface area contributed by atoms with Crippen LogP contribution in [-0.2, 0) is 0 Å². The molecule has 5 nitrogen and oxygen atoms in total. The van der Waals surface area contributed by atoms with Crippen molar-refractivity contribution >= 4 is 75.3 Å². The Balaban J connectivity index is 1.35. The van der Waals surface area contributed by atoms with E-state index in [-0.39, 0.29) is 36.5 Å². The summed E-state index contributed by atoms with van der Waals surface area (Å²) in [4.78, 5) is 13.3. The van der Waals surface area contributed by atoms with E-state index in [2.05, 4.69) is 15.0 Å². The van der Waals surface area contributed by atoms with Gasteiger partial charge in [-0.2, -0.15) is 0 Å². The van der Waals surface area contributed by atoms with Crippen LogP contribution in [0.5, 0.6) is 0 Å². The molecule has 0 aliphatic heterocycles. The minimum Gasteiger partial charge on any atom is -0.455 e. The van der Waals surface area contributed by atoms with Crippen LogP contribution in [0.2, 0.25) is 0 Å². The topological polar surface area (TPSA) is 56.7 Å². The summed E-state index contributed by atoms with van der Waals surface area (Å²) in [5.74, 6) is -2.51. The molecule has 0 aliphatic rings. The van der Waals surface area contributed by atoms with Crippen LogP contribution in [-0.4, -0.2) is 19.5 Å². The van der Waals surface area contributed by atoms with Gasteiger partial charge in [0.2, 0.25) is 0 Å². The Kier molecular flexibility index (Phi) is 3.22. The summed E-state index contributed by atoms with van der Waals surface area (Å²) in [5.41, 5.74) is -5.56. The van der Waals surface area contributed by atoms with Gasteiger partial charge >= 0.3 is 0 Å². The van der Waals surface area contributed by atoms with Crippen LogP contribution in [0.4, 0.5) is 0 Å². The highest BCUT2D eigenvalue weighted by Crippen LogP contribution is 2.48. The monoisotopic (exact) mass is 775 g/mol. The second kappa shape index (κ2) is 12.6. The molecule has 0 radical (unpaired) electrons. The summed E-state index contributed by atoms with van der Waals surface area (Å²) in [6.45, 7) is 0. The van der Waals surface area contributed by atoms with Crippen molar-refractivity contribution in [1.82, 2.24) is 19.5 Å². The number of rotatable bonds is 5. The lowest BCUT2D eigenvalue weighted by atomic mass is 9.98.